The van der Waals surface area contributed by atoms with Crippen LogP contribution < -0.4 is 5.32 Å². The van der Waals surface area contributed by atoms with Crippen molar-refractivity contribution >= 4 is 17.6 Å². The number of hydrogen-bond donors (Lipinski definition) is 1. The first kappa shape index (κ1) is 15.5. The van der Waals surface area contributed by atoms with Crippen molar-refractivity contribution < 1.29 is 9.59 Å². The first-order valence-corrected chi connectivity index (χ1v) is 9.02. The fourth-order valence-electron chi connectivity index (χ4n) is 4.70. The van der Waals surface area contributed by atoms with Crippen molar-refractivity contribution in [3.63, 3.8) is 0 Å². The van der Waals surface area contributed by atoms with E-state index in [9.17, 15) is 9.59 Å². The van der Waals surface area contributed by atoms with E-state index in [0.717, 1.165) is 50.1 Å². The number of carbonyl (C=O) groups is 2. The molecule has 2 bridgehead atoms. The van der Waals surface area contributed by atoms with Gasteiger partial charge in [-0.25, -0.2) is 4.79 Å². The number of carbonyl (C=O) groups excluding carboxylic acids is 2. The molecule has 24 heavy (non-hydrogen) atoms. The van der Waals surface area contributed by atoms with Gasteiger partial charge < -0.3 is 15.1 Å². The van der Waals surface area contributed by atoms with Crippen molar-refractivity contribution in [2.45, 2.75) is 38.6 Å². The molecular weight excluding hydrogens is 302 g/mol. The lowest BCUT2D eigenvalue weighted by Gasteiger charge is -2.52. The summed E-state index contributed by atoms with van der Waals surface area (Å²) >= 11 is 0. The number of fused-ring (bicyclic) bond motifs is 4. The van der Waals surface area contributed by atoms with Gasteiger partial charge in [-0.1, -0.05) is 12.1 Å². The average Bonchev–Trinajstić information content (AvgIpc) is 2.56. The minimum absolute atomic E-state index is 0.00844. The van der Waals surface area contributed by atoms with E-state index in [4.69, 9.17) is 0 Å². The maximum atomic E-state index is 12.7. The van der Waals surface area contributed by atoms with Crippen molar-refractivity contribution in [2.24, 2.45) is 11.8 Å². The number of nitrogens with zero attached hydrogens (tertiary/aromatic N) is 2. The van der Waals surface area contributed by atoms with Crippen LogP contribution in [0.2, 0.25) is 0 Å². The van der Waals surface area contributed by atoms with Gasteiger partial charge >= 0.3 is 6.03 Å². The fraction of sp³-hybridized carbons (Fsp3) is 0.579. The van der Waals surface area contributed by atoms with E-state index in [1.807, 2.05) is 36.1 Å². The predicted octanol–water partition coefficient (Wildman–Crippen LogP) is 2.86. The molecule has 3 heterocycles. The standard InChI is InChI=1S/C19H25N3O2/c1-13-4-2-5-16(8-13)20-19(24)21-10-14-9-15(12-21)17-6-3-7-18(23)22(17)11-14/h2,4-5,8,14-15,17H,3,6-7,9-12H2,1H3,(H,20,24)/t14-,15-,17-/m1/s1. The van der Waals surface area contributed by atoms with Crippen LogP contribution in [0.1, 0.15) is 31.2 Å². The van der Waals surface area contributed by atoms with Crippen LogP contribution in [0.25, 0.3) is 0 Å². The normalized spacial score (nSPS) is 29.2. The third-order valence-electron chi connectivity index (χ3n) is 5.74. The zero-order chi connectivity index (χ0) is 16.7. The molecule has 128 valence electrons. The Morgan fingerprint density at radius 1 is 1.25 bits per heavy atom. The summed E-state index contributed by atoms with van der Waals surface area (Å²) in [6, 6.07) is 8.24. The molecule has 1 N–H and O–H groups in total. The molecule has 1 aromatic carbocycles. The third-order valence-corrected chi connectivity index (χ3v) is 5.74. The molecule has 0 aliphatic carbocycles. The number of rotatable bonds is 1. The van der Waals surface area contributed by atoms with Crippen LogP contribution in [0.3, 0.4) is 0 Å². The molecule has 3 aliphatic rings. The number of anilines is 1. The first-order valence-electron chi connectivity index (χ1n) is 9.02. The Hall–Kier alpha value is -2.04. The zero-order valence-electron chi connectivity index (χ0n) is 14.2. The Morgan fingerprint density at radius 2 is 2.12 bits per heavy atom. The molecule has 0 saturated carbocycles. The van der Waals surface area contributed by atoms with E-state index in [1.165, 1.54) is 0 Å². The van der Waals surface area contributed by atoms with Crippen LogP contribution in [-0.4, -0.2) is 47.4 Å². The molecule has 0 unspecified atom stereocenters. The molecule has 0 aromatic heterocycles. The maximum Gasteiger partial charge on any atom is 0.321 e. The van der Waals surface area contributed by atoms with Gasteiger partial charge in [-0.15, -0.1) is 0 Å². The Kier molecular flexibility index (Phi) is 3.94. The molecule has 5 nitrogen and oxygen atoms in total. The van der Waals surface area contributed by atoms with E-state index in [-0.39, 0.29) is 6.03 Å². The Morgan fingerprint density at radius 3 is 2.96 bits per heavy atom. The molecule has 3 aliphatic heterocycles. The average molecular weight is 327 g/mol. The molecule has 5 heteroatoms. The van der Waals surface area contributed by atoms with Crippen molar-refractivity contribution in [3.05, 3.63) is 29.8 Å². The molecule has 3 amide bonds. The number of hydrogen-bond acceptors (Lipinski definition) is 2. The summed E-state index contributed by atoms with van der Waals surface area (Å²) in [5.41, 5.74) is 1.99. The van der Waals surface area contributed by atoms with Crippen molar-refractivity contribution in [3.8, 4) is 0 Å². The Bertz CT molecular complexity index is 660. The van der Waals surface area contributed by atoms with Crippen LogP contribution in [-0.2, 0) is 4.79 Å². The molecule has 3 saturated heterocycles. The van der Waals surface area contributed by atoms with Gasteiger partial charge in [-0.2, -0.15) is 0 Å². The lowest BCUT2D eigenvalue weighted by molar-refractivity contribution is -0.144. The number of piperidine rings is 3. The molecule has 0 radical (unpaired) electrons. The summed E-state index contributed by atoms with van der Waals surface area (Å²) < 4.78 is 0. The topological polar surface area (TPSA) is 52.7 Å². The van der Waals surface area contributed by atoms with Gasteiger partial charge in [0.25, 0.3) is 0 Å². The zero-order valence-corrected chi connectivity index (χ0v) is 14.2. The van der Waals surface area contributed by atoms with Crippen molar-refractivity contribution in [2.75, 3.05) is 25.0 Å². The first-order chi connectivity index (χ1) is 11.6. The highest BCUT2D eigenvalue weighted by Gasteiger charge is 2.44. The lowest BCUT2D eigenvalue weighted by atomic mass is 9.76. The van der Waals surface area contributed by atoms with E-state index in [2.05, 4.69) is 10.2 Å². The fourth-order valence-corrected chi connectivity index (χ4v) is 4.70. The molecule has 1 aromatic rings. The van der Waals surface area contributed by atoms with Crippen molar-refractivity contribution in [1.29, 1.82) is 0 Å². The summed E-state index contributed by atoms with van der Waals surface area (Å²) in [4.78, 5) is 28.9. The second-order valence-corrected chi connectivity index (χ2v) is 7.57. The summed E-state index contributed by atoms with van der Waals surface area (Å²) in [7, 11) is 0. The summed E-state index contributed by atoms with van der Waals surface area (Å²) in [6.07, 6.45) is 3.95. The predicted molar refractivity (Wildman–Crippen MR) is 92.7 cm³/mol. The van der Waals surface area contributed by atoms with Crippen LogP contribution in [0, 0.1) is 18.8 Å². The van der Waals surface area contributed by atoms with E-state index in [1.54, 1.807) is 0 Å². The highest BCUT2D eigenvalue weighted by molar-refractivity contribution is 5.89. The molecule has 3 atom stereocenters. The lowest BCUT2D eigenvalue weighted by Crippen LogP contribution is -2.61. The Labute approximate surface area is 143 Å². The number of benzene rings is 1. The molecular formula is C19H25N3O2. The van der Waals surface area contributed by atoms with Gasteiger partial charge in [0.1, 0.15) is 0 Å². The van der Waals surface area contributed by atoms with Crippen LogP contribution in [0.15, 0.2) is 24.3 Å². The van der Waals surface area contributed by atoms with Gasteiger partial charge in [-0.3, -0.25) is 4.79 Å². The number of urea groups is 1. The Balaban J connectivity index is 1.45. The van der Waals surface area contributed by atoms with Gasteiger partial charge in [0, 0.05) is 37.8 Å². The molecule has 4 rings (SSSR count). The number of likely N-dealkylation sites (tertiary alicyclic amines) is 1. The SMILES string of the molecule is Cc1cccc(NC(=O)N2C[C@H]3C[C@H](C2)[C@H]2CCCC(=O)N2C3)c1. The van der Waals surface area contributed by atoms with Crippen molar-refractivity contribution in [1.82, 2.24) is 9.80 Å². The van der Waals surface area contributed by atoms with Crippen LogP contribution >= 0.6 is 0 Å². The van der Waals surface area contributed by atoms with Gasteiger partial charge in [0.2, 0.25) is 5.91 Å². The maximum absolute atomic E-state index is 12.7. The summed E-state index contributed by atoms with van der Waals surface area (Å²) in [6.45, 7) is 4.37. The third kappa shape index (κ3) is 2.87. The van der Waals surface area contributed by atoms with E-state index in [0.29, 0.717) is 30.2 Å². The largest absolute Gasteiger partial charge is 0.339 e. The number of amides is 3. The van der Waals surface area contributed by atoms with Crippen LogP contribution in [0.4, 0.5) is 10.5 Å². The van der Waals surface area contributed by atoms with E-state index < -0.39 is 0 Å². The highest BCUT2D eigenvalue weighted by atomic mass is 16.2. The second kappa shape index (κ2) is 6.11. The van der Waals surface area contributed by atoms with E-state index >= 15 is 0 Å². The quantitative estimate of drug-likeness (QED) is 0.862. The second-order valence-electron chi connectivity index (χ2n) is 7.57. The highest BCUT2D eigenvalue weighted by Crippen LogP contribution is 2.38. The molecule has 0 spiro atoms. The monoisotopic (exact) mass is 327 g/mol. The smallest absolute Gasteiger partial charge is 0.321 e. The summed E-state index contributed by atoms with van der Waals surface area (Å²) in [5, 5.41) is 3.03. The summed E-state index contributed by atoms with van der Waals surface area (Å²) in [5.74, 6) is 1.17. The number of nitrogens with one attached hydrogen (secondary N) is 1. The van der Waals surface area contributed by atoms with Crippen LogP contribution in [0.5, 0.6) is 0 Å². The minimum Gasteiger partial charge on any atom is -0.339 e. The van der Waals surface area contributed by atoms with Gasteiger partial charge in [0.05, 0.1) is 0 Å². The number of aryl methyl sites for hydroxylation is 1. The molecule has 3 fully saturated rings. The van der Waals surface area contributed by atoms with Gasteiger partial charge in [-0.05, 0) is 55.7 Å². The minimum atomic E-state index is -0.00844. The van der Waals surface area contributed by atoms with Gasteiger partial charge in [0.15, 0.2) is 0 Å².